The number of hydrogen-bond donors (Lipinski definition) is 0. The number of benzene rings is 7. The zero-order valence-electron chi connectivity index (χ0n) is 25.7. The van der Waals surface area contributed by atoms with Gasteiger partial charge in [0.05, 0.1) is 11.0 Å². The van der Waals surface area contributed by atoms with Gasteiger partial charge in [-0.15, -0.1) is 0 Å². The molecule has 0 saturated carbocycles. The first-order chi connectivity index (χ1) is 23.8. The van der Waals surface area contributed by atoms with E-state index < -0.39 is 0 Å². The van der Waals surface area contributed by atoms with Crippen LogP contribution in [0.25, 0.3) is 94.4 Å². The van der Waals surface area contributed by atoms with Crippen molar-refractivity contribution in [2.45, 2.75) is 0 Å². The Morgan fingerprint density at radius 1 is 0.375 bits per heavy atom. The summed E-state index contributed by atoms with van der Waals surface area (Å²) in [5.41, 5.74) is 7.88. The predicted octanol–water partition coefficient (Wildman–Crippen LogP) is 11.0. The van der Waals surface area contributed by atoms with E-state index in [1.807, 2.05) is 60.7 Å². The van der Waals surface area contributed by atoms with Crippen molar-refractivity contribution >= 4 is 54.5 Å². The summed E-state index contributed by atoms with van der Waals surface area (Å²) in [5.74, 6) is 1.93. The average molecular weight is 615 g/mol. The molecule has 0 unspecified atom stereocenters. The van der Waals surface area contributed by atoms with Crippen molar-refractivity contribution < 1.29 is 4.42 Å². The van der Waals surface area contributed by atoms with E-state index in [9.17, 15) is 0 Å². The smallest absolute Gasteiger partial charge is 0.164 e. The minimum absolute atomic E-state index is 0.632. The van der Waals surface area contributed by atoms with Crippen LogP contribution in [0.15, 0.2) is 162 Å². The Morgan fingerprint density at radius 3 is 1.56 bits per heavy atom. The van der Waals surface area contributed by atoms with Crippen molar-refractivity contribution in [1.82, 2.24) is 19.5 Å². The van der Waals surface area contributed by atoms with E-state index in [-0.39, 0.29) is 0 Å². The fourth-order valence-corrected chi connectivity index (χ4v) is 6.90. The Balaban J connectivity index is 1.13. The van der Waals surface area contributed by atoms with Gasteiger partial charge in [0.2, 0.25) is 0 Å². The van der Waals surface area contributed by atoms with Crippen LogP contribution in [-0.4, -0.2) is 19.5 Å². The first-order valence-electron chi connectivity index (χ1n) is 16.0. The van der Waals surface area contributed by atoms with Crippen molar-refractivity contribution in [1.29, 1.82) is 0 Å². The Labute approximate surface area is 275 Å². The van der Waals surface area contributed by atoms with Gasteiger partial charge in [-0.2, -0.15) is 0 Å². The molecule has 3 heterocycles. The van der Waals surface area contributed by atoms with Crippen molar-refractivity contribution in [3.63, 3.8) is 0 Å². The summed E-state index contributed by atoms with van der Waals surface area (Å²) < 4.78 is 8.81. The number of rotatable bonds is 4. The Bertz CT molecular complexity index is 2760. The maximum atomic E-state index is 6.49. The highest BCUT2D eigenvalue weighted by molar-refractivity contribution is 6.18. The average Bonchev–Trinajstić information content (AvgIpc) is 3.67. The summed E-state index contributed by atoms with van der Waals surface area (Å²) in [7, 11) is 0. The van der Waals surface area contributed by atoms with Crippen LogP contribution in [-0.2, 0) is 0 Å². The van der Waals surface area contributed by atoms with E-state index >= 15 is 0 Å². The number of furan rings is 1. The second-order valence-corrected chi connectivity index (χ2v) is 12.1. The summed E-state index contributed by atoms with van der Waals surface area (Å²) >= 11 is 0. The monoisotopic (exact) mass is 614 g/mol. The Morgan fingerprint density at radius 2 is 0.896 bits per heavy atom. The molecule has 0 aliphatic rings. The molecule has 0 aliphatic carbocycles. The van der Waals surface area contributed by atoms with Gasteiger partial charge in [-0.25, -0.2) is 15.0 Å². The lowest BCUT2D eigenvalue weighted by molar-refractivity contribution is 0.670. The van der Waals surface area contributed by atoms with Crippen molar-refractivity contribution in [3.8, 4) is 39.9 Å². The second kappa shape index (κ2) is 10.5. The SMILES string of the molecule is c1ccc(-c2nc(-c3ccccc3)nc(-c3ccc(-n4c5ccccc5c5cc6c(cc54)oc4cc5ccccc5cc46)cc3)n2)cc1. The molecule has 10 rings (SSSR count). The molecule has 0 amide bonds. The van der Waals surface area contributed by atoms with Crippen LogP contribution in [0.3, 0.4) is 0 Å². The lowest BCUT2D eigenvalue weighted by atomic mass is 10.0. The molecule has 5 heteroatoms. The van der Waals surface area contributed by atoms with Crippen LogP contribution in [0.4, 0.5) is 0 Å². The molecule has 0 spiro atoms. The van der Waals surface area contributed by atoms with E-state index in [1.165, 1.54) is 21.5 Å². The maximum absolute atomic E-state index is 6.49. The van der Waals surface area contributed by atoms with Crippen LogP contribution in [0.5, 0.6) is 0 Å². The van der Waals surface area contributed by atoms with E-state index in [2.05, 4.69) is 102 Å². The number of para-hydroxylation sites is 1. The molecule has 7 aromatic carbocycles. The van der Waals surface area contributed by atoms with Crippen molar-refractivity contribution in [2.75, 3.05) is 0 Å². The van der Waals surface area contributed by atoms with Crippen LogP contribution < -0.4 is 0 Å². The molecule has 5 nitrogen and oxygen atoms in total. The fourth-order valence-electron chi connectivity index (χ4n) is 6.90. The molecule has 10 aromatic rings. The summed E-state index contributed by atoms with van der Waals surface area (Å²) in [4.78, 5) is 14.7. The molecular weight excluding hydrogens is 589 g/mol. The number of fused-ring (bicyclic) bond motifs is 7. The highest BCUT2D eigenvalue weighted by atomic mass is 16.3. The molecule has 0 fully saturated rings. The van der Waals surface area contributed by atoms with Gasteiger partial charge in [-0.1, -0.05) is 103 Å². The zero-order valence-corrected chi connectivity index (χ0v) is 25.7. The van der Waals surface area contributed by atoms with Crippen molar-refractivity contribution in [2.24, 2.45) is 0 Å². The van der Waals surface area contributed by atoms with Gasteiger partial charge in [0.25, 0.3) is 0 Å². The number of hydrogen-bond acceptors (Lipinski definition) is 4. The van der Waals surface area contributed by atoms with E-state index in [0.29, 0.717) is 17.5 Å². The lowest BCUT2D eigenvalue weighted by Crippen LogP contribution is -2.00. The molecule has 0 N–H and O–H groups in total. The molecule has 0 atom stereocenters. The summed E-state index contributed by atoms with van der Waals surface area (Å²) in [6, 6.07) is 54.5. The normalized spacial score (nSPS) is 11.8. The third kappa shape index (κ3) is 4.22. The summed E-state index contributed by atoms with van der Waals surface area (Å²) in [6.07, 6.45) is 0. The highest BCUT2D eigenvalue weighted by Crippen LogP contribution is 2.39. The molecule has 224 valence electrons. The fraction of sp³-hybridized carbons (Fsp3) is 0. The van der Waals surface area contributed by atoms with Crippen LogP contribution in [0.1, 0.15) is 0 Å². The van der Waals surface area contributed by atoms with Gasteiger partial charge in [-0.05, 0) is 59.3 Å². The quantitative estimate of drug-likeness (QED) is 0.198. The van der Waals surface area contributed by atoms with Gasteiger partial charge in [0.15, 0.2) is 17.5 Å². The third-order valence-electron chi connectivity index (χ3n) is 9.22. The van der Waals surface area contributed by atoms with Crippen LogP contribution in [0.2, 0.25) is 0 Å². The molecule has 0 radical (unpaired) electrons. The van der Waals surface area contributed by atoms with Gasteiger partial charge >= 0.3 is 0 Å². The molecule has 0 aliphatic heterocycles. The summed E-state index contributed by atoms with van der Waals surface area (Å²) in [6.45, 7) is 0. The largest absolute Gasteiger partial charge is 0.456 e. The standard InChI is InChI=1S/C43H26N4O/c1-3-11-27(12-4-1)41-44-42(28-13-5-2-6-14-28)46-43(45-41)29-19-21-32(22-20-29)47-37-18-10-9-17-33(37)34-25-36-35-23-30-15-7-8-16-31(30)24-39(35)48-40(36)26-38(34)47/h1-26H. The van der Waals surface area contributed by atoms with Gasteiger partial charge in [-0.3, -0.25) is 0 Å². The zero-order chi connectivity index (χ0) is 31.6. The van der Waals surface area contributed by atoms with Gasteiger partial charge < -0.3 is 8.98 Å². The number of aromatic nitrogens is 4. The second-order valence-electron chi connectivity index (χ2n) is 12.1. The van der Waals surface area contributed by atoms with E-state index in [0.717, 1.165) is 55.3 Å². The minimum atomic E-state index is 0.632. The van der Waals surface area contributed by atoms with Crippen molar-refractivity contribution in [3.05, 3.63) is 158 Å². The first kappa shape index (κ1) is 26.6. The Kier molecular flexibility index (Phi) is 5.81. The lowest BCUT2D eigenvalue weighted by Gasteiger charge is -2.10. The predicted molar refractivity (Wildman–Crippen MR) is 195 cm³/mol. The number of nitrogens with zero attached hydrogens (tertiary/aromatic N) is 4. The Hall–Kier alpha value is -6.59. The first-order valence-corrected chi connectivity index (χ1v) is 16.0. The minimum Gasteiger partial charge on any atom is -0.456 e. The topological polar surface area (TPSA) is 56.7 Å². The summed E-state index contributed by atoms with van der Waals surface area (Å²) in [5, 5.41) is 7.03. The van der Waals surface area contributed by atoms with Gasteiger partial charge in [0.1, 0.15) is 11.2 Å². The maximum Gasteiger partial charge on any atom is 0.164 e. The van der Waals surface area contributed by atoms with E-state index in [1.54, 1.807) is 0 Å². The molecule has 0 bridgehead atoms. The molecule has 0 saturated heterocycles. The molecule has 3 aromatic heterocycles. The highest BCUT2D eigenvalue weighted by Gasteiger charge is 2.18. The molecular formula is C43H26N4O. The van der Waals surface area contributed by atoms with Crippen LogP contribution >= 0.6 is 0 Å². The molecule has 48 heavy (non-hydrogen) atoms. The van der Waals surface area contributed by atoms with Gasteiger partial charge in [0, 0.05) is 50.0 Å². The van der Waals surface area contributed by atoms with E-state index in [4.69, 9.17) is 19.4 Å². The third-order valence-corrected chi connectivity index (χ3v) is 9.22. The van der Waals surface area contributed by atoms with Crippen LogP contribution in [0, 0.1) is 0 Å².